The highest BCUT2D eigenvalue weighted by atomic mass is 16.2. The van der Waals surface area contributed by atoms with Crippen LogP contribution in [0.5, 0.6) is 0 Å². The van der Waals surface area contributed by atoms with Crippen molar-refractivity contribution in [3.63, 3.8) is 0 Å². The van der Waals surface area contributed by atoms with Gasteiger partial charge in [-0.15, -0.1) is 5.10 Å². The van der Waals surface area contributed by atoms with Crippen LogP contribution in [0, 0.1) is 11.3 Å². The van der Waals surface area contributed by atoms with E-state index in [0.29, 0.717) is 5.41 Å². The van der Waals surface area contributed by atoms with Gasteiger partial charge in [-0.3, -0.25) is 4.79 Å². The summed E-state index contributed by atoms with van der Waals surface area (Å²) in [5, 5.41) is 8.36. The Bertz CT molecular complexity index is 836. The van der Waals surface area contributed by atoms with Crippen LogP contribution < -0.4 is 0 Å². The first kappa shape index (κ1) is 17.9. The van der Waals surface area contributed by atoms with Crippen LogP contribution in [0.2, 0.25) is 0 Å². The van der Waals surface area contributed by atoms with Crippen LogP contribution >= 0.6 is 0 Å². The van der Waals surface area contributed by atoms with Crippen molar-refractivity contribution in [1.82, 2.24) is 24.8 Å². The van der Waals surface area contributed by atoms with Gasteiger partial charge in [-0.1, -0.05) is 35.5 Å². The molecule has 28 heavy (non-hydrogen) atoms. The largest absolute Gasteiger partial charge is 0.341 e. The van der Waals surface area contributed by atoms with Crippen LogP contribution in [0.3, 0.4) is 0 Å². The van der Waals surface area contributed by atoms with Crippen molar-refractivity contribution >= 4 is 5.91 Å². The lowest BCUT2D eigenvalue weighted by Gasteiger charge is -2.33. The van der Waals surface area contributed by atoms with E-state index in [0.717, 1.165) is 49.1 Å². The topological polar surface area (TPSA) is 54.3 Å². The third kappa shape index (κ3) is 3.58. The molecule has 1 atom stereocenters. The average molecular weight is 380 g/mol. The zero-order chi connectivity index (χ0) is 19.1. The van der Waals surface area contributed by atoms with E-state index in [1.54, 1.807) is 4.68 Å². The number of carbonyl (C=O) groups is 1. The highest BCUT2D eigenvalue weighted by Gasteiger charge is 2.55. The molecule has 6 heteroatoms. The zero-order valence-electron chi connectivity index (χ0n) is 16.6. The van der Waals surface area contributed by atoms with Gasteiger partial charge in [-0.2, -0.15) is 0 Å². The Kier molecular flexibility index (Phi) is 4.46. The van der Waals surface area contributed by atoms with Gasteiger partial charge in [0.2, 0.25) is 5.91 Å². The molecule has 2 heterocycles. The highest BCUT2D eigenvalue weighted by molar-refractivity contribution is 5.76. The van der Waals surface area contributed by atoms with Gasteiger partial charge in [0.15, 0.2) is 0 Å². The number of benzene rings is 1. The van der Waals surface area contributed by atoms with E-state index >= 15 is 0 Å². The number of nitrogens with zero attached hydrogens (tertiary/aromatic N) is 5. The molecule has 1 spiro atoms. The fourth-order valence-corrected chi connectivity index (χ4v) is 4.87. The summed E-state index contributed by atoms with van der Waals surface area (Å²) in [6, 6.07) is 10.8. The SMILES string of the molecule is CN(CC1CC12CCN(C(=O)Cn1cc(-c3ccccc3)nn1)CC2)C1CC1. The lowest BCUT2D eigenvalue weighted by Crippen LogP contribution is -2.41. The smallest absolute Gasteiger partial charge is 0.244 e. The van der Waals surface area contributed by atoms with Crippen molar-refractivity contribution in [3.05, 3.63) is 36.5 Å². The molecule has 2 saturated carbocycles. The Morgan fingerprint density at radius 3 is 2.68 bits per heavy atom. The average Bonchev–Trinajstić information content (AvgIpc) is 3.62. The minimum atomic E-state index is 0.159. The maximum Gasteiger partial charge on any atom is 0.244 e. The Hall–Kier alpha value is -2.21. The van der Waals surface area contributed by atoms with Crippen molar-refractivity contribution in [2.75, 3.05) is 26.7 Å². The standard InChI is InChI=1S/C22H29N5O/c1-25(19-7-8-19)14-18-13-22(18)9-11-26(12-10-22)21(28)16-27-15-20(23-24-27)17-5-3-2-4-6-17/h2-6,15,18-19H,7-14,16H2,1H3. The Balaban J connectivity index is 1.12. The summed E-state index contributed by atoms with van der Waals surface area (Å²) < 4.78 is 1.67. The fraction of sp³-hybridized carbons (Fsp3) is 0.591. The molecular formula is C22H29N5O. The number of hydrogen-bond acceptors (Lipinski definition) is 4. The van der Waals surface area contributed by atoms with E-state index in [2.05, 4.69) is 22.3 Å². The van der Waals surface area contributed by atoms with Crippen LogP contribution in [0.4, 0.5) is 0 Å². The summed E-state index contributed by atoms with van der Waals surface area (Å²) in [5.74, 6) is 1.01. The monoisotopic (exact) mass is 379 g/mol. The van der Waals surface area contributed by atoms with Crippen molar-refractivity contribution in [1.29, 1.82) is 0 Å². The van der Waals surface area contributed by atoms with Crippen LogP contribution in [0.25, 0.3) is 11.3 Å². The van der Waals surface area contributed by atoms with Gasteiger partial charge in [0.25, 0.3) is 0 Å². The van der Waals surface area contributed by atoms with Crippen molar-refractivity contribution in [2.24, 2.45) is 11.3 Å². The second kappa shape index (κ2) is 6.99. The van der Waals surface area contributed by atoms with Gasteiger partial charge >= 0.3 is 0 Å². The number of rotatable bonds is 6. The van der Waals surface area contributed by atoms with Gasteiger partial charge in [0.05, 0.1) is 6.20 Å². The molecule has 6 nitrogen and oxygen atoms in total. The number of aromatic nitrogens is 3. The molecule has 1 aromatic heterocycles. The van der Waals surface area contributed by atoms with Gasteiger partial charge in [0, 0.05) is 31.2 Å². The van der Waals surface area contributed by atoms with Crippen molar-refractivity contribution in [3.8, 4) is 11.3 Å². The second-order valence-corrected chi connectivity index (χ2v) is 8.98. The summed E-state index contributed by atoms with van der Waals surface area (Å²) in [7, 11) is 2.28. The fourth-order valence-electron chi connectivity index (χ4n) is 4.87. The van der Waals surface area contributed by atoms with E-state index in [1.165, 1.54) is 25.8 Å². The van der Waals surface area contributed by atoms with E-state index in [1.807, 2.05) is 41.4 Å². The molecular weight excluding hydrogens is 350 g/mol. The lowest BCUT2D eigenvalue weighted by molar-refractivity contribution is -0.133. The van der Waals surface area contributed by atoms with Gasteiger partial charge in [0.1, 0.15) is 12.2 Å². The predicted molar refractivity (Wildman–Crippen MR) is 107 cm³/mol. The first-order valence-electron chi connectivity index (χ1n) is 10.6. The molecule has 3 fully saturated rings. The van der Waals surface area contributed by atoms with Crippen molar-refractivity contribution in [2.45, 2.75) is 44.7 Å². The van der Waals surface area contributed by atoms with Gasteiger partial charge in [-0.05, 0) is 50.5 Å². The highest BCUT2D eigenvalue weighted by Crippen LogP contribution is 2.59. The van der Waals surface area contributed by atoms with Crippen molar-refractivity contribution < 1.29 is 4.79 Å². The zero-order valence-corrected chi connectivity index (χ0v) is 16.6. The third-order valence-electron chi connectivity index (χ3n) is 7.05. The second-order valence-electron chi connectivity index (χ2n) is 8.98. The molecule has 2 aromatic rings. The van der Waals surface area contributed by atoms with E-state index in [-0.39, 0.29) is 12.5 Å². The first-order valence-corrected chi connectivity index (χ1v) is 10.6. The summed E-state index contributed by atoms with van der Waals surface area (Å²) in [6.07, 6.45) is 8.31. The quantitative estimate of drug-likeness (QED) is 0.774. The minimum absolute atomic E-state index is 0.159. The van der Waals surface area contributed by atoms with Crippen LogP contribution in [0.15, 0.2) is 36.5 Å². The summed E-state index contributed by atoms with van der Waals surface area (Å²) in [5.41, 5.74) is 2.36. The van der Waals surface area contributed by atoms with Crippen LogP contribution in [0.1, 0.15) is 32.1 Å². The molecule has 5 rings (SSSR count). The van der Waals surface area contributed by atoms with Gasteiger partial charge in [-0.25, -0.2) is 4.68 Å². The molecule has 1 amide bonds. The van der Waals surface area contributed by atoms with Gasteiger partial charge < -0.3 is 9.80 Å². The Labute approximate surface area is 166 Å². The Morgan fingerprint density at radius 2 is 1.96 bits per heavy atom. The number of piperidine rings is 1. The maximum atomic E-state index is 12.7. The minimum Gasteiger partial charge on any atom is -0.341 e. The number of hydrogen-bond donors (Lipinski definition) is 0. The molecule has 2 aliphatic carbocycles. The van der Waals surface area contributed by atoms with Crippen LogP contribution in [-0.2, 0) is 11.3 Å². The lowest BCUT2D eigenvalue weighted by atomic mass is 9.90. The summed E-state index contributed by atoms with van der Waals surface area (Å²) in [6.45, 7) is 3.31. The number of amides is 1. The summed E-state index contributed by atoms with van der Waals surface area (Å²) in [4.78, 5) is 17.3. The Morgan fingerprint density at radius 1 is 1.21 bits per heavy atom. The summed E-state index contributed by atoms with van der Waals surface area (Å²) >= 11 is 0. The van der Waals surface area contributed by atoms with E-state index in [4.69, 9.17) is 0 Å². The molecule has 1 saturated heterocycles. The normalized spacial score (nSPS) is 23.4. The third-order valence-corrected chi connectivity index (χ3v) is 7.05. The maximum absolute atomic E-state index is 12.7. The molecule has 0 radical (unpaired) electrons. The molecule has 0 bridgehead atoms. The molecule has 0 N–H and O–H groups in total. The van der Waals surface area contributed by atoms with E-state index in [9.17, 15) is 4.79 Å². The van der Waals surface area contributed by atoms with Crippen LogP contribution in [-0.4, -0.2) is 63.4 Å². The molecule has 148 valence electrons. The molecule has 3 aliphatic rings. The molecule has 1 unspecified atom stereocenters. The number of carbonyl (C=O) groups excluding carboxylic acids is 1. The molecule has 1 aromatic carbocycles. The molecule has 1 aliphatic heterocycles. The first-order chi connectivity index (χ1) is 13.6. The predicted octanol–water partition coefficient (Wildman–Crippen LogP) is 2.67. The number of likely N-dealkylation sites (tertiary alicyclic amines) is 1. The van der Waals surface area contributed by atoms with E-state index < -0.39 is 0 Å².